The number of hydrogen-bond donors (Lipinski definition) is 2. The first-order valence-electron chi connectivity index (χ1n) is 11.3. The van der Waals surface area contributed by atoms with Crippen LogP contribution in [0.4, 0.5) is 21.8 Å². The number of halogens is 1. The molecule has 1 aromatic carbocycles. The van der Waals surface area contributed by atoms with Crippen molar-refractivity contribution < 1.29 is 4.39 Å². The molecule has 7 nitrogen and oxygen atoms in total. The number of anilines is 3. The van der Waals surface area contributed by atoms with E-state index in [1.54, 1.807) is 12.4 Å². The maximum atomic E-state index is 14.6. The summed E-state index contributed by atoms with van der Waals surface area (Å²) in [5, 5.41) is 15.8. The SMILES string of the molecule is CN1C(C)(C)CC(Nc2nc(Nc3ccc(-c4ccncc4C#N)cc3)ncc2F)CC1(C)C. The molecular weight excluding hydrogens is 429 g/mol. The van der Waals surface area contributed by atoms with Gasteiger partial charge in [0.15, 0.2) is 11.6 Å². The number of likely N-dealkylation sites (tertiary alicyclic amines) is 1. The molecule has 1 saturated heterocycles. The van der Waals surface area contributed by atoms with Crippen molar-refractivity contribution in [3.8, 4) is 17.2 Å². The highest BCUT2D eigenvalue weighted by Crippen LogP contribution is 2.38. The third-order valence-corrected chi connectivity index (χ3v) is 6.79. The average Bonchev–Trinajstić information content (AvgIpc) is 2.80. The molecule has 0 aliphatic carbocycles. The summed E-state index contributed by atoms with van der Waals surface area (Å²) in [6.45, 7) is 8.84. The van der Waals surface area contributed by atoms with Gasteiger partial charge in [-0.15, -0.1) is 0 Å². The molecule has 2 aromatic heterocycles. The van der Waals surface area contributed by atoms with Gasteiger partial charge in [0.1, 0.15) is 6.07 Å². The van der Waals surface area contributed by atoms with Crippen LogP contribution in [0.1, 0.15) is 46.1 Å². The van der Waals surface area contributed by atoms with Gasteiger partial charge in [0.25, 0.3) is 0 Å². The fraction of sp³-hybridized carbons (Fsp3) is 0.385. The third-order valence-electron chi connectivity index (χ3n) is 6.79. The second kappa shape index (κ2) is 8.99. The summed E-state index contributed by atoms with van der Waals surface area (Å²) in [6.07, 6.45) is 6.15. The molecule has 0 unspecified atom stereocenters. The molecule has 0 saturated carbocycles. The Hall–Kier alpha value is -3.57. The zero-order chi connectivity index (χ0) is 24.5. The molecular formula is C26H30FN7. The smallest absolute Gasteiger partial charge is 0.229 e. The van der Waals surface area contributed by atoms with Crippen LogP contribution >= 0.6 is 0 Å². The number of piperidine rings is 1. The molecule has 0 spiro atoms. The molecule has 1 fully saturated rings. The van der Waals surface area contributed by atoms with Crippen LogP contribution < -0.4 is 10.6 Å². The van der Waals surface area contributed by atoms with Crippen LogP contribution in [0, 0.1) is 17.1 Å². The van der Waals surface area contributed by atoms with E-state index in [-0.39, 0.29) is 22.9 Å². The van der Waals surface area contributed by atoms with E-state index in [9.17, 15) is 9.65 Å². The number of hydrogen-bond acceptors (Lipinski definition) is 7. The Labute approximate surface area is 200 Å². The lowest BCUT2D eigenvalue weighted by Gasteiger charge is -2.53. The Balaban J connectivity index is 1.50. The van der Waals surface area contributed by atoms with Gasteiger partial charge in [-0.3, -0.25) is 9.88 Å². The first-order valence-corrected chi connectivity index (χ1v) is 11.3. The minimum atomic E-state index is -0.475. The van der Waals surface area contributed by atoms with Crippen LogP contribution in [-0.2, 0) is 0 Å². The average molecular weight is 460 g/mol. The van der Waals surface area contributed by atoms with Crippen molar-refractivity contribution >= 4 is 17.5 Å². The number of pyridine rings is 1. The minimum Gasteiger partial charge on any atom is -0.365 e. The summed E-state index contributed by atoms with van der Waals surface area (Å²) in [5.41, 5.74) is 2.95. The predicted molar refractivity (Wildman–Crippen MR) is 132 cm³/mol. The zero-order valence-electron chi connectivity index (χ0n) is 20.2. The van der Waals surface area contributed by atoms with Crippen molar-refractivity contribution in [2.24, 2.45) is 0 Å². The molecule has 2 N–H and O–H groups in total. The lowest BCUT2D eigenvalue weighted by atomic mass is 9.77. The standard InChI is InChI=1S/C26H30FN7/c1-25(2)12-20(13-26(3,4)34(25)5)31-23-22(27)16-30-24(33-23)32-19-8-6-17(7-9-19)21-10-11-29-15-18(21)14-28/h6-11,15-16,20H,12-13H2,1-5H3,(H2,30,31,32,33). The maximum absolute atomic E-state index is 14.6. The van der Waals surface area contributed by atoms with E-state index in [2.05, 4.69) is 71.3 Å². The van der Waals surface area contributed by atoms with E-state index in [1.165, 1.54) is 6.20 Å². The molecule has 3 heterocycles. The first kappa shape index (κ1) is 23.6. The summed E-state index contributed by atoms with van der Waals surface area (Å²) in [6, 6.07) is 11.6. The number of benzene rings is 1. The summed E-state index contributed by atoms with van der Waals surface area (Å²) in [4.78, 5) is 14.9. The van der Waals surface area contributed by atoms with Crippen LogP contribution in [-0.4, -0.2) is 44.0 Å². The molecule has 3 aromatic rings. The zero-order valence-corrected chi connectivity index (χ0v) is 20.2. The second-order valence-electron chi connectivity index (χ2n) is 10.1. The van der Waals surface area contributed by atoms with E-state index in [0.717, 1.165) is 29.7 Å². The van der Waals surface area contributed by atoms with Crippen LogP contribution in [0.5, 0.6) is 0 Å². The summed E-state index contributed by atoms with van der Waals surface area (Å²) >= 11 is 0. The van der Waals surface area contributed by atoms with Gasteiger partial charge in [0.2, 0.25) is 5.95 Å². The first-order chi connectivity index (χ1) is 16.1. The molecule has 0 amide bonds. The Morgan fingerprint density at radius 3 is 2.38 bits per heavy atom. The molecule has 4 rings (SSSR count). The van der Waals surface area contributed by atoms with E-state index >= 15 is 0 Å². The van der Waals surface area contributed by atoms with Gasteiger partial charge < -0.3 is 10.6 Å². The normalized spacial score (nSPS) is 17.7. The van der Waals surface area contributed by atoms with E-state index in [0.29, 0.717) is 11.5 Å². The van der Waals surface area contributed by atoms with E-state index < -0.39 is 5.82 Å². The number of nitriles is 1. The maximum Gasteiger partial charge on any atom is 0.229 e. The molecule has 1 aliphatic rings. The predicted octanol–water partition coefficient (Wildman–Crippen LogP) is 5.36. The molecule has 1 aliphatic heterocycles. The van der Waals surface area contributed by atoms with Gasteiger partial charge in [-0.1, -0.05) is 12.1 Å². The van der Waals surface area contributed by atoms with Crippen LogP contribution in [0.3, 0.4) is 0 Å². The number of nitrogens with zero attached hydrogens (tertiary/aromatic N) is 5. The van der Waals surface area contributed by atoms with Crippen LogP contribution in [0.15, 0.2) is 48.9 Å². The van der Waals surface area contributed by atoms with Crippen molar-refractivity contribution in [3.63, 3.8) is 0 Å². The fourth-order valence-electron chi connectivity index (χ4n) is 4.79. The molecule has 34 heavy (non-hydrogen) atoms. The Morgan fingerprint density at radius 1 is 1.06 bits per heavy atom. The lowest BCUT2D eigenvalue weighted by molar-refractivity contribution is -0.00778. The van der Waals surface area contributed by atoms with Gasteiger partial charge in [-0.2, -0.15) is 10.2 Å². The largest absolute Gasteiger partial charge is 0.365 e. The third kappa shape index (κ3) is 4.85. The van der Waals surface area contributed by atoms with Crippen molar-refractivity contribution in [1.82, 2.24) is 19.9 Å². The fourth-order valence-corrected chi connectivity index (χ4v) is 4.79. The van der Waals surface area contributed by atoms with Crippen molar-refractivity contribution in [1.29, 1.82) is 5.26 Å². The summed E-state index contributed by atoms with van der Waals surface area (Å²) in [5.74, 6) is 0.0348. The molecule has 0 atom stereocenters. The Kier molecular flexibility index (Phi) is 6.24. The monoisotopic (exact) mass is 459 g/mol. The van der Waals surface area contributed by atoms with Gasteiger partial charge in [-0.25, -0.2) is 9.37 Å². The highest BCUT2D eigenvalue weighted by Gasteiger charge is 2.43. The summed E-state index contributed by atoms with van der Waals surface area (Å²) in [7, 11) is 2.14. The van der Waals surface area contributed by atoms with Crippen LogP contribution in [0.25, 0.3) is 11.1 Å². The van der Waals surface area contributed by atoms with Gasteiger partial charge >= 0.3 is 0 Å². The summed E-state index contributed by atoms with van der Waals surface area (Å²) < 4.78 is 14.6. The quantitative estimate of drug-likeness (QED) is 0.531. The highest BCUT2D eigenvalue weighted by molar-refractivity contribution is 5.72. The van der Waals surface area contributed by atoms with E-state index in [4.69, 9.17) is 0 Å². The Morgan fingerprint density at radius 2 is 1.74 bits per heavy atom. The highest BCUT2D eigenvalue weighted by atomic mass is 19.1. The van der Waals surface area contributed by atoms with Gasteiger partial charge in [0.05, 0.1) is 11.8 Å². The second-order valence-corrected chi connectivity index (χ2v) is 10.1. The molecule has 0 bridgehead atoms. The number of nitrogens with one attached hydrogen (secondary N) is 2. The van der Waals surface area contributed by atoms with Gasteiger partial charge in [-0.05, 0) is 71.3 Å². The molecule has 0 radical (unpaired) electrons. The molecule has 176 valence electrons. The van der Waals surface area contributed by atoms with Crippen molar-refractivity contribution in [3.05, 3.63) is 60.3 Å². The van der Waals surface area contributed by atoms with Crippen molar-refractivity contribution in [2.75, 3.05) is 17.7 Å². The lowest BCUT2D eigenvalue weighted by Crippen LogP contribution is -2.61. The minimum absolute atomic E-state index is 0.0218. The van der Waals surface area contributed by atoms with Crippen molar-refractivity contribution in [2.45, 2.75) is 57.7 Å². The van der Waals surface area contributed by atoms with Crippen LogP contribution in [0.2, 0.25) is 0 Å². The number of aromatic nitrogens is 3. The topological polar surface area (TPSA) is 89.8 Å². The Bertz CT molecular complexity index is 1200. The molecule has 8 heteroatoms. The number of rotatable bonds is 5. The van der Waals surface area contributed by atoms with E-state index in [1.807, 2.05) is 30.3 Å². The van der Waals surface area contributed by atoms with Gasteiger partial charge in [0, 0.05) is 40.8 Å².